The molecule has 0 radical (unpaired) electrons. The van der Waals surface area contributed by atoms with Gasteiger partial charge in [0.1, 0.15) is 5.60 Å². The number of aromatic nitrogens is 2. The molecule has 0 spiro atoms. The number of likely N-dealkylation sites (tertiary alicyclic amines) is 1. The summed E-state index contributed by atoms with van der Waals surface area (Å²) in [7, 11) is 0. The molecule has 0 saturated carbocycles. The largest absolute Gasteiger partial charge is 0.380 e. The summed E-state index contributed by atoms with van der Waals surface area (Å²) in [4.78, 5) is 17.7. The maximum Gasteiger partial charge on any atom is 0.326 e. The van der Waals surface area contributed by atoms with Gasteiger partial charge in [0.2, 0.25) is 0 Å². The summed E-state index contributed by atoms with van der Waals surface area (Å²) >= 11 is 0. The lowest BCUT2D eigenvalue weighted by Crippen LogP contribution is -2.45. The number of para-hydroxylation sites is 2. The van der Waals surface area contributed by atoms with Gasteiger partial charge in [-0.1, -0.05) is 72.8 Å². The second kappa shape index (κ2) is 8.77. The zero-order valence-corrected chi connectivity index (χ0v) is 18.2. The van der Waals surface area contributed by atoms with E-state index in [1.165, 1.54) is 0 Å². The van der Waals surface area contributed by atoms with E-state index in [4.69, 9.17) is 0 Å². The fourth-order valence-corrected chi connectivity index (χ4v) is 5.17. The molecular formula is C27H29N3O2. The van der Waals surface area contributed by atoms with Crippen molar-refractivity contribution >= 4 is 11.0 Å². The van der Waals surface area contributed by atoms with Gasteiger partial charge in [-0.3, -0.25) is 4.57 Å². The third kappa shape index (κ3) is 3.78. The number of aliphatic hydroxyl groups is 1. The first kappa shape index (κ1) is 20.7. The topological polar surface area (TPSA) is 61.3 Å². The molecule has 2 N–H and O–H groups in total. The maximum absolute atomic E-state index is 12.4. The SMILES string of the molecule is O=c1[nH]c2ccccc2n1CCN1CCC(C(O)(c2ccccc2)c2ccccc2)CC1. The van der Waals surface area contributed by atoms with Gasteiger partial charge in [0.15, 0.2) is 0 Å². The fraction of sp³-hybridized carbons (Fsp3) is 0.296. The van der Waals surface area contributed by atoms with Crippen LogP contribution in [0.25, 0.3) is 11.0 Å². The molecule has 5 rings (SSSR count). The number of imidazole rings is 1. The molecule has 0 bridgehead atoms. The van der Waals surface area contributed by atoms with E-state index in [9.17, 15) is 9.90 Å². The lowest BCUT2D eigenvalue weighted by atomic mass is 9.72. The van der Waals surface area contributed by atoms with Crippen LogP contribution in [-0.2, 0) is 12.1 Å². The third-order valence-corrected chi connectivity index (χ3v) is 6.93. The second-order valence-electron chi connectivity index (χ2n) is 8.71. The van der Waals surface area contributed by atoms with Crippen molar-refractivity contribution in [3.63, 3.8) is 0 Å². The zero-order valence-electron chi connectivity index (χ0n) is 18.2. The number of fused-ring (bicyclic) bond motifs is 1. The summed E-state index contributed by atoms with van der Waals surface area (Å²) in [5.74, 6) is 0.138. The van der Waals surface area contributed by atoms with E-state index in [0.29, 0.717) is 6.54 Å². The summed E-state index contributed by atoms with van der Waals surface area (Å²) < 4.78 is 1.83. The minimum Gasteiger partial charge on any atom is -0.380 e. The number of nitrogens with zero attached hydrogens (tertiary/aromatic N) is 2. The Morgan fingerprint density at radius 3 is 2.00 bits per heavy atom. The Labute approximate surface area is 187 Å². The van der Waals surface area contributed by atoms with Crippen molar-refractivity contribution in [3.05, 3.63) is 107 Å². The van der Waals surface area contributed by atoms with Crippen molar-refractivity contribution in [1.29, 1.82) is 0 Å². The number of rotatable bonds is 6. The Balaban J connectivity index is 1.30. The van der Waals surface area contributed by atoms with E-state index in [1.807, 2.05) is 89.5 Å². The van der Waals surface area contributed by atoms with Crippen molar-refractivity contribution in [2.75, 3.05) is 19.6 Å². The highest BCUT2D eigenvalue weighted by atomic mass is 16.3. The average Bonchev–Trinajstić information content (AvgIpc) is 3.18. The van der Waals surface area contributed by atoms with Gasteiger partial charge in [0, 0.05) is 13.1 Å². The molecule has 0 unspecified atom stereocenters. The predicted molar refractivity (Wildman–Crippen MR) is 128 cm³/mol. The third-order valence-electron chi connectivity index (χ3n) is 6.93. The van der Waals surface area contributed by atoms with Gasteiger partial charge in [-0.2, -0.15) is 0 Å². The van der Waals surface area contributed by atoms with E-state index in [-0.39, 0.29) is 11.6 Å². The van der Waals surface area contributed by atoms with Crippen LogP contribution in [0, 0.1) is 5.92 Å². The number of aromatic amines is 1. The molecule has 1 aliphatic heterocycles. The van der Waals surface area contributed by atoms with Gasteiger partial charge < -0.3 is 15.0 Å². The normalized spacial score (nSPS) is 15.9. The molecule has 3 aromatic carbocycles. The zero-order chi connectivity index (χ0) is 22.0. The Morgan fingerprint density at radius 1 is 0.812 bits per heavy atom. The number of H-pyrrole nitrogens is 1. The minimum atomic E-state index is -0.998. The van der Waals surface area contributed by atoms with E-state index in [2.05, 4.69) is 9.88 Å². The smallest absolute Gasteiger partial charge is 0.326 e. The van der Waals surface area contributed by atoms with Crippen molar-refractivity contribution in [1.82, 2.24) is 14.5 Å². The quantitative estimate of drug-likeness (QED) is 0.489. The standard InChI is InChI=1S/C27H29N3O2/c31-26-28-24-13-7-8-14-25(24)30(26)20-19-29-17-15-23(16-18-29)27(32,21-9-3-1-4-10-21)22-11-5-2-6-12-22/h1-14,23,32H,15-20H2,(H,28,31). The molecular weight excluding hydrogens is 398 g/mol. The second-order valence-corrected chi connectivity index (χ2v) is 8.71. The lowest BCUT2D eigenvalue weighted by Gasteiger charge is -2.42. The van der Waals surface area contributed by atoms with E-state index in [0.717, 1.165) is 54.6 Å². The lowest BCUT2D eigenvalue weighted by molar-refractivity contribution is -0.0145. The molecule has 0 aliphatic carbocycles. The Hall–Kier alpha value is -3.15. The molecule has 32 heavy (non-hydrogen) atoms. The van der Waals surface area contributed by atoms with Gasteiger partial charge in [0.05, 0.1) is 11.0 Å². The molecule has 164 valence electrons. The van der Waals surface area contributed by atoms with Crippen LogP contribution in [0.4, 0.5) is 0 Å². The molecule has 1 saturated heterocycles. The molecule has 1 fully saturated rings. The Bertz CT molecular complexity index is 1180. The van der Waals surface area contributed by atoms with Crippen LogP contribution in [0.1, 0.15) is 24.0 Å². The summed E-state index contributed by atoms with van der Waals surface area (Å²) in [5, 5.41) is 12.0. The predicted octanol–water partition coefficient (Wildman–Crippen LogP) is 3.98. The van der Waals surface area contributed by atoms with Crippen LogP contribution in [0.3, 0.4) is 0 Å². The highest BCUT2D eigenvalue weighted by molar-refractivity contribution is 5.74. The molecule has 5 nitrogen and oxygen atoms in total. The van der Waals surface area contributed by atoms with Crippen LogP contribution in [-0.4, -0.2) is 39.2 Å². The van der Waals surface area contributed by atoms with Crippen LogP contribution < -0.4 is 5.69 Å². The average molecular weight is 428 g/mol. The van der Waals surface area contributed by atoms with Crippen LogP contribution in [0.5, 0.6) is 0 Å². The van der Waals surface area contributed by atoms with E-state index >= 15 is 0 Å². The van der Waals surface area contributed by atoms with Gasteiger partial charge in [0.25, 0.3) is 0 Å². The van der Waals surface area contributed by atoms with Crippen LogP contribution in [0.15, 0.2) is 89.7 Å². The van der Waals surface area contributed by atoms with Crippen molar-refractivity contribution < 1.29 is 5.11 Å². The van der Waals surface area contributed by atoms with E-state index in [1.54, 1.807) is 0 Å². The molecule has 0 atom stereocenters. The number of nitrogens with one attached hydrogen (secondary N) is 1. The van der Waals surface area contributed by atoms with Crippen LogP contribution in [0.2, 0.25) is 0 Å². The number of hydrogen-bond acceptors (Lipinski definition) is 3. The molecule has 2 heterocycles. The van der Waals surface area contributed by atoms with E-state index < -0.39 is 5.60 Å². The Kier molecular flexibility index (Phi) is 5.68. The molecule has 5 heteroatoms. The summed E-state index contributed by atoms with van der Waals surface area (Å²) in [6, 6.07) is 27.9. The highest BCUT2D eigenvalue weighted by Crippen LogP contribution is 2.41. The summed E-state index contributed by atoms with van der Waals surface area (Å²) in [5.41, 5.74) is 2.69. The first-order valence-electron chi connectivity index (χ1n) is 11.4. The number of benzene rings is 3. The summed E-state index contributed by atoms with van der Waals surface area (Å²) in [6.45, 7) is 3.30. The molecule has 1 aromatic heterocycles. The van der Waals surface area contributed by atoms with Crippen molar-refractivity contribution in [2.24, 2.45) is 5.92 Å². The van der Waals surface area contributed by atoms with Gasteiger partial charge in [-0.25, -0.2) is 4.79 Å². The maximum atomic E-state index is 12.4. The number of piperidine rings is 1. The van der Waals surface area contributed by atoms with Gasteiger partial charge >= 0.3 is 5.69 Å². The van der Waals surface area contributed by atoms with Crippen molar-refractivity contribution in [2.45, 2.75) is 25.0 Å². The summed E-state index contributed by atoms with van der Waals surface area (Å²) in [6.07, 6.45) is 1.81. The van der Waals surface area contributed by atoms with Gasteiger partial charge in [-0.05, 0) is 55.1 Å². The minimum absolute atomic E-state index is 0.0522. The molecule has 4 aromatic rings. The van der Waals surface area contributed by atoms with Crippen molar-refractivity contribution in [3.8, 4) is 0 Å². The highest BCUT2D eigenvalue weighted by Gasteiger charge is 2.41. The first-order chi connectivity index (χ1) is 15.7. The van der Waals surface area contributed by atoms with Gasteiger partial charge in [-0.15, -0.1) is 0 Å². The fourth-order valence-electron chi connectivity index (χ4n) is 5.17. The first-order valence-corrected chi connectivity index (χ1v) is 11.4. The molecule has 0 amide bonds. The van der Waals surface area contributed by atoms with Crippen LogP contribution >= 0.6 is 0 Å². The number of hydrogen-bond donors (Lipinski definition) is 2. The Morgan fingerprint density at radius 2 is 1.38 bits per heavy atom. The monoisotopic (exact) mass is 427 g/mol. The molecule has 1 aliphatic rings.